The number of benzene rings is 1. The molecule has 1 aromatic carbocycles. The third-order valence-electron chi connectivity index (χ3n) is 4.74. The normalized spacial score (nSPS) is 22.9. The fourth-order valence-electron chi connectivity index (χ4n) is 3.13. The number of rotatable bonds is 6. The zero-order chi connectivity index (χ0) is 23.7. The van der Waals surface area contributed by atoms with Gasteiger partial charge in [0, 0.05) is 6.42 Å². The second-order valence-corrected chi connectivity index (χ2v) is 13.4. The molecular formula is C19H19Cl3N2O5S3. The minimum Gasteiger partial charge on any atom is -0.466 e. The average Bonchev–Trinajstić information content (AvgIpc) is 3.19. The largest absolute Gasteiger partial charge is 0.466 e. The van der Waals surface area contributed by atoms with E-state index in [1.165, 1.54) is 4.90 Å². The van der Waals surface area contributed by atoms with Crippen molar-refractivity contribution in [2.45, 2.75) is 35.8 Å². The van der Waals surface area contributed by atoms with Gasteiger partial charge in [-0.1, -0.05) is 77.8 Å². The van der Waals surface area contributed by atoms with Crippen LogP contribution in [0.25, 0.3) is 6.08 Å². The van der Waals surface area contributed by atoms with Crippen molar-refractivity contribution in [1.82, 2.24) is 10.2 Å². The number of amides is 2. The summed E-state index contributed by atoms with van der Waals surface area (Å²) in [5.41, 5.74) is 0.694. The Labute approximate surface area is 210 Å². The zero-order valence-corrected chi connectivity index (χ0v) is 21.4. The number of halogens is 3. The van der Waals surface area contributed by atoms with Crippen molar-refractivity contribution < 1.29 is 22.7 Å². The van der Waals surface area contributed by atoms with Gasteiger partial charge in [0.2, 0.25) is 15.9 Å². The number of nitrogens with one attached hydrogen (secondary N) is 1. The summed E-state index contributed by atoms with van der Waals surface area (Å²) >= 11 is 24.1. The van der Waals surface area contributed by atoms with Gasteiger partial charge in [0.15, 0.2) is 9.84 Å². The van der Waals surface area contributed by atoms with E-state index in [0.717, 1.165) is 11.8 Å². The maximum atomic E-state index is 12.8. The van der Waals surface area contributed by atoms with Crippen LogP contribution in [0.1, 0.15) is 25.3 Å². The van der Waals surface area contributed by atoms with Crippen LogP contribution >= 0.6 is 58.8 Å². The number of alkyl halides is 3. The molecule has 2 heterocycles. The molecule has 2 saturated heterocycles. The van der Waals surface area contributed by atoms with Crippen LogP contribution in [0, 0.1) is 0 Å². The van der Waals surface area contributed by atoms with E-state index in [-0.39, 0.29) is 29.7 Å². The highest BCUT2D eigenvalue weighted by Crippen LogP contribution is 2.37. The first-order valence-electron chi connectivity index (χ1n) is 9.50. The molecule has 2 atom stereocenters. The lowest BCUT2D eigenvalue weighted by molar-refractivity contribution is -0.124. The highest BCUT2D eigenvalue weighted by Gasteiger charge is 2.42. The minimum absolute atomic E-state index is 0.0587. The SMILES string of the molecule is CCC(=O)NC(Oc1ccc(C=C2SC(=S)N(C3CCS(=O)(=O)C3)C2=O)cc1)C(Cl)(Cl)Cl. The summed E-state index contributed by atoms with van der Waals surface area (Å²) in [5.74, 6) is -0.310. The van der Waals surface area contributed by atoms with Crippen molar-refractivity contribution in [3.05, 3.63) is 34.7 Å². The van der Waals surface area contributed by atoms with Crippen LogP contribution in [0.15, 0.2) is 29.2 Å². The molecule has 2 aliphatic rings. The van der Waals surface area contributed by atoms with Crippen molar-refractivity contribution in [2.75, 3.05) is 11.5 Å². The summed E-state index contributed by atoms with van der Waals surface area (Å²) in [6.45, 7) is 1.66. The van der Waals surface area contributed by atoms with Crippen LogP contribution in [0.2, 0.25) is 0 Å². The Balaban J connectivity index is 1.71. The summed E-state index contributed by atoms with van der Waals surface area (Å²) in [6, 6.07) is 6.18. The van der Waals surface area contributed by atoms with Gasteiger partial charge >= 0.3 is 0 Å². The number of sulfone groups is 1. The van der Waals surface area contributed by atoms with Gasteiger partial charge in [-0.15, -0.1) is 0 Å². The van der Waals surface area contributed by atoms with E-state index < -0.39 is 25.9 Å². The third-order valence-corrected chi connectivity index (χ3v) is 8.41. The maximum absolute atomic E-state index is 12.8. The number of hydrogen-bond donors (Lipinski definition) is 1. The second kappa shape index (κ2) is 10.1. The van der Waals surface area contributed by atoms with Crippen LogP contribution in [0.5, 0.6) is 5.75 Å². The zero-order valence-electron chi connectivity index (χ0n) is 16.7. The van der Waals surface area contributed by atoms with Crippen LogP contribution in [0.3, 0.4) is 0 Å². The molecule has 0 aliphatic carbocycles. The fraction of sp³-hybridized carbons (Fsp3) is 0.421. The Morgan fingerprint density at radius 2 is 2.03 bits per heavy atom. The van der Waals surface area contributed by atoms with Crippen LogP contribution in [-0.4, -0.2) is 57.0 Å². The van der Waals surface area contributed by atoms with Crippen LogP contribution in [0.4, 0.5) is 0 Å². The predicted molar refractivity (Wildman–Crippen MR) is 132 cm³/mol. The summed E-state index contributed by atoms with van der Waals surface area (Å²) in [4.78, 5) is 26.3. The van der Waals surface area contributed by atoms with E-state index in [0.29, 0.717) is 27.0 Å². The molecule has 2 amide bonds. The topological polar surface area (TPSA) is 92.8 Å². The molecular weight excluding hydrogens is 539 g/mol. The smallest absolute Gasteiger partial charge is 0.266 e. The molecule has 7 nitrogen and oxygen atoms in total. The summed E-state index contributed by atoms with van der Waals surface area (Å²) in [6.07, 6.45) is 1.06. The van der Waals surface area contributed by atoms with Gasteiger partial charge in [-0.25, -0.2) is 8.42 Å². The Kier molecular flexibility index (Phi) is 8.05. The monoisotopic (exact) mass is 556 g/mol. The Morgan fingerprint density at radius 3 is 2.56 bits per heavy atom. The number of ether oxygens (including phenoxy) is 1. The molecule has 0 bridgehead atoms. The molecule has 13 heteroatoms. The molecule has 3 rings (SSSR count). The van der Waals surface area contributed by atoms with Gasteiger partial charge < -0.3 is 10.1 Å². The first kappa shape index (κ1) is 25.6. The maximum Gasteiger partial charge on any atom is 0.266 e. The van der Waals surface area contributed by atoms with Gasteiger partial charge in [-0.2, -0.15) is 0 Å². The number of thioether (sulfide) groups is 1. The summed E-state index contributed by atoms with van der Waals surface area (Å²) < 4.78 is 27.6. The lowest BCUT2D eigenvalue weighted by Crippen LogP contribution is -2.47. The Hall–Kier alpha value is -1.04. The molecule has 0 saturated carbocycles. The van der Waals surface area contributed by atoms with E-state index in [9.17, 15) is 18.0 Å². The lowest BCUT2D eigenvalue weighted by atomic mass is 10.2. The number of carbonyl (C=O) groups is 2. The molecule has 32 heavy (non-hydrogen) atoms. The first-order valence-corrected chi connectivity index (χ1v) is 13.7. The molecule has 0 aromatic heterocycles. The molecule has 2 fully saturated rings. The van der Waals surface area contributed by atoms with E-state index >= 15 is 0 Å². The number of carbonyl (C=O) groups excluding carboxylic acids is 2. The summed E-state index contributed by atoms with van der Waals surface area (Å²) in [5, 5.41) is 2.50. The average molecular weight is 558 g/mol. The van der Waals surface area contributed by atoms with E-state index in [4.69, 9.17) is 51.8 Å². The van der Waals surface area contributed by atoms with Crippen molar-refractivity contribution >= 4 is 90.8 Å². The fourth-order valence-corrected chi connectivity index (χ4v) is 6.53. The summed E-state index contributed by atoms with van der Waals surface area (Å²) in [7, 11) is -3.14. The van der Waals surface area contributed by atoms with Crippen molar-refractivity contribution in [1.29, 1.82) is 0 Å². The Morgan fingerprint density at radius 1 is 1.38 bits per heavy atom. The predicted octanol–water partition coefficient (Wildman–Crippen LogP) is 3.68. The van der Waals surface area contributed by atoms with E-state index in [2.05, 4.69) is 5.32 Å². The molecule has 1 N–H and O–H groups in total. The molecule has 1 aromatic rings. The lowest BCUT2D eigenvalue weighted by Gasteiger charge is -2.26. The van der Waals surface area contributed by atoms with Gasteiger partial charge in [-0.05, 0) is 30.2 Å². The van der Waals surface area contributed by atoms with Gasteiger partial charge in [0.1, 0.15) is 10.1 Å². The number of nitrogens with zero attached hydrogens (tertiary/aromatic N) is 1. The number of thiocarbonyl (C=S) groups is 1. The quantitative estimate of drug-likeness (QED) is 0.247. The standard InChI is InChI=1S/C19H19Cl3N2O5S3/c1-2-15(25)23-17(19(20,21)22)29-13-5-3-11(4-6-13)9-14-16(26)24(18(30)31-14)12-7-8-32(27,28)10-12/h3-6,9,12,17H,2,7-8,10H2,1H3,(H,23,25). The second-order valence-electron chi connectivity index (χ2n) is 7.14. The molecule has 174 valence electrons. The van der Waals surface area contributed by atoms with Gasteiger partial charge in [0.25, 0.3) is 5.91 Å². The highest BCUT2D eigenvalue weighted by atomic mass is 35.6. The van der Waals surface area contributed by atoms with Crippen molar-refractivity contribution in [3.8, 4) is 5.75 Å². The minimum atomic E-state index is -3.14. The van der Waals surface area contributed by atoms with Crippen molar-refractivity contribution in [2.24, 2.45) is 0 Å². The molecule has 0 spiro atoms. The van der Waals surface area contributed by atoms with E-state index in [1.54, 1.807) is 37.3 Å². The van der Waals surface area contributed by atoms with E-state index in [1.807, 2.05) is 0 Å². The van der Waals surface area contributed by atoms with Crippen LogP contribution in [-0.2, 0) is 19.4 Å². The van der Waals surface area contributed by atoms with Crippen molar-refractivity contribution in [3.63, 3.8) is 0 Å². The Bertz CT molecular complexity index is 1050. The first-order chi connectivity index (χ1) is 14.9. The molecule has 0 radical (unpaired) electrons. The third kappa shape index (κ3) is 6.30. The van der Waals surface area contributed by atoms with Crippen LogP contribution < -0.4 is 10.1 Å². The molecule has 2 unspecified atom stereocenters. The number of hydrogen-bond acceptors (Lipinski definition) is 7. The molecule has 2 aliphatic heterocycles. The van der Waals surface area contributed by atoms with Gasteiger partial charge in [0.05, 0.1) is 22.5 Å². The highest BCUT2D eigenvalue weighted by molar-refractivity contribution is 8.26. The van der Waals surface area contributed by atoms with Gasteiger partial charge in [-0.3, -0.25) is 14.5 Å².